The number of hydrogen-bond acceptors (Lipinski definition) is 0. The van der Waals surface area contributed by atoms with Gasteiger partial charge in [0.1, 0.15) is 0 Å². The van der Waals surface area contributed by atoms with Crippen molar-refractivity contribution in [1.82, 2.24) is 0 Å². The highest BCUT2D eigenvalue weighted by atomic mass is 27.2. The molecule has 0 aromatic rings. The van der Waals surface area contributed by atoms with Crippen LogP contribution in [0.25, 0.3) is 0 Å². The highest BCUT2D eigenvalue weighted by Crippen LogP contribution is 2.02. The molecule has 0 aliphatic carbocycles. The monoisotopic (exact) mass is 138 g/mol. The summed E-state index contributed by atoms with van der Waals surface area (Å²) in [6.45, 7) is 7.41. The molecule has 0 bridgehead atoms. The second-order valence-corrected chi connectivity index (χ2v) is 5.75. The summed E-state index contributed by atoms with van der Waals surface area (Å²) in [6.07, 6.45) is 5.24. The largest absolute Gasteiger partial charge is 0.263 e. The Balaban J connectivity index is 3.14. The third-order valence-corrected chi connectivity index (χ3v) is 3.89. The molecule has 9 heavy (non-hydrogen) atoms. The highest BCUT2D eigenvalue weighted by Gasteiger charge is 2.04. The van der Waals surface area contributed by atoms with E-state index >= 15 is 0 Å². The Kier molecular flexibility index (Phi) is 6.15. The van der Waals surface area contributed by atoms with E-state index in [1.54, 1.807) is 0 Å². The Bertz CT molecular complexity index is 86.6. The summed E-state index contributed by atoms with van der Waals surface area (Å²) in [5.74, 6) is 2.38. The van der Waals surface area contributed by atoms with Crippen molar-refractivity contribution < 1.29 is 0 Å². The first-order valence-corrected chi connectivity index (χ1v) is 6.31. The van der Waals surface area contributed by atoms with E-state index in [-0.39, 0.29) is 0 Å². The molecule has 0 atom stereocenters. The van der Waals surface area contributed by atoms with Crippen molar-refractivity contribution in [1.29, 1.82) is 0 Å². The first kappa shape index (κ1) is 9.01. The average Bonchev–Trinajstić information content (AvgIpc) is 1.85. The molecule has 0 nitrogen and oxygen atoms in total. The van der Waals surface area contributed by atoms with Gasteiger partial charge in [-0.3, -0.25) is 0 Å². The van der Waals surface area contributed by atoms with Crippen LogP contribution >= 0.6 is 0 Å². The minimum atomic E-state index is -0.409. The van der Waals surface area contributed by atoms with Gasteiger partial charge in [-0.05, 0) is 6.42 Å². The zero-order valence-electron chi connectivity index (χ0n) is 6.27. The molecule has 0 spiro atoms. The van der Waals surface area contributed by atoms with Crippen molar-refractivity contribution in [2.45, 2.75) is 22.8 Å². The fourth-order valence-electron chi connectivity index (χ4n) is 0.805. The molecular formula is C8H15Al. The standard InChI is InChI=1S/C4H7.C3H5.CH3.Al/c1-3-4-2;1-3-2;;/h3H,1-2,4H2;3H,1-2H2;1H3;. The second kappa shape index (κ2) is 6.14. The zero-order chi connectivity index (χ0) is 7.11. The van der Waals surface area contributed by atoms with Gasteiger partial charge in [-0.15, -0.1) is 25.0 Å². The molecule has 0 saturated heterocycles. The molecule has 0 aromatic heterocycles. The average molecular weight is 138 g/mol. The molecule has 50 valence electrons. The van der Waals surface area contributed by atoms with Crippen molar-refractivity contribution in [3.63, 3.8) is 0 Å². The summed E-state index contributed by atoms with van der Waals surface area (Å²) >= 11 is -0.409. The van der Waals surface area contributed by atoms with Crippen molar-refractivity contribution in [2.75, 3.05) is 0 Å². The van der Waals surface area contributed by atoms with Crippen LogP contribution in [-0.2, 0) is 0 Å². The van der Waals surface area contributed by atoms with Crippen LogP contribution in [0, 0.1) is 0 Å². The Hall–Kier alpha value is 0.0125. The first-order valence-electron chi connectivity index (χ1n) is 3.53. The van der Waals surface area contributed by atoms with Gasteiger partial charge in [-0.2, -0.15) is 0 Å². The molecule has 0 N–H and O–H groups in total. The van der Waals surface area contributed by atoms with Gasteiger partial charge in [0.25, 0.3) is 14.1 Å². The number of rotatable bonds is 5. The fraction of sp³-hybridized carbons (Fsp3) is 0.500. The van der Waals surface area contributed by atoms with E-state index in [4.69, 9.17) is 0 Å². The van der Waals surface area contributed by atoms with E-state index in [9.17, 15) is 0 Å². The summed E-state index contributed by atoms with van der Waals surface area (Å²) < 4.78 is 0. The summed E-state index contributed by atoms with van der Waals surface area (Å²) in [5.41, 5.74) is 0. The number of allylic oxidation sites excluding steroid dienone is 2. The third-order valence-electron chi connectivity index (χ3n) is 1.43. The molecular weight excluding hydrogens is 123 g/mol. The smallest absolute Gasteiger partial charge is 0.106 e. The van der Waals surface area contributed by atoms with Gasteiger partial charge >= 0.3 is 0 Å². The van der Waals surface area contributed by atoms with E-state index in [1.165, 1.54) is 17.0 Å². The van der Waals surface area contributed by atoms with Gasteiger partial charge in [0, 0.05) is 0 Å². The van der Waals surface area contributed by atoms with Crippen molar-refractivity contribution in [3.05, 3.63) is 25.3 Å². The van der Waals surface area contributed by atoms with Crippen LogP contribution in [0.2, 0.25) is 16.4 Å². The lowest BCUT2D eigenvalue weighted by atomic mass is 10.5. The van der Waals surface area contributed by atoms with Gasteiger partial charge in [0.05, 0.1) is 0 Å². The predicted octanol–water partition coefficient (Wildman–Crippen LogP) is 2.87. The minimum Gasteiger partial charge on any atom is -0.106 e. The van der Waals surface area contributed by atoms with Crippen LogP contribution in [0.4, 0.5) is 0 Å². The molecule has 0 aliphatic heterocycles. The molecule has 0 rings (SSSR count). The lowest BCUT2D eigenvalue weighted by Crippen LogP contribution is -2.02. The molecule has 0 aliphatic rings. The molecule has 0 heterocycles. The maximum absolute atomic E-state index is 3.72. The van der Waals surface area contributed by atoms with E-state index in [1.807, 2.05) is 12.2 Å². The maximum atomic E-state index is 3.72. The highest BCUT2D eigenvalue weighted by molar-refractivity contribution is 6.57. The van der Waals surface area contributed by atoms with Crippen molar-refractivity contribution >= 4 is 14.1 Å². The van der Waals surface area contributed by atoms with Gasteiger partial charge in [0.2, 0.25) is 0 Å². The van der Waals surface area contributed by atoms with Crippen molar-refractivity contribution in [2.24, 2.45) is 0 Å². The SMILES string of the molecule is C=CC[CH2][Al]([CH3])[CH2]C=C. The van der Waals surface area contributed by atoms with Gasteiger partial charge in [-0.25, -0.2) is 0 Å². The third kappa shape index (κ3) is 5.89. The second-order valence-electron chi connectivity index (χ2n) is 2.50. The summed E-state index contributed by atoms with van der Waals surface area (Å²) in [6, 6.07) is 0. The Morgan fingerprint density at radius 1 is 1.33 bits per heavy atom. The van der Waals surface area contributed by atoms with Crippen LogP contribution < -0.4 is 0 Å². The lowest BCUT2D eigenvalue weighted by molar-refractivity contribution is 1.18. The lowest BCUT2D eigenvalue weighted by Gasteiger charge is -1.97. The van der Waals surface area contributed by atoms with Gasteiger partial charge in [-0.1, -0.05) is 16.6 Å². The molecule has 0 saturated carbocycles. The molecule has 0 amide bonds. The molecule has 0 fully saturated rings. The summed E-state index contributed by atoms with van der Waals surface area (Å²) in [7, 11) is 0. The van der Waals surface area contributed by atoms with E-state index < -0.39 is 14.1 Å². The van der Waals surface area contributed by atoms with Crippen LogP contribution in [-0.4, -0.2) is 14.1 Å². The molecule has 0 unspecified atom stereocenters. The van der Waals surface area contributed by atoms with Crippen molar-refractivity contribution in [3.8, 4) is 0 Å². The summed E-state index contributed by atoms with van der Waals surface area (Å²) in [5, 5.41) is 2.66. The van der Waals surface area contributed by atoms with Crippen LogP contribution in [0.1, 0.15) is 6.42 Å². The number of hydrogen-bond donors (Lipinski definition) is 0. The Morgan fingerprint density at radius 2 is 2.00 bits per heavy atom. The van der Waals surface area contributed by atoms with Crippen LogP contribution in [0.15, 0.2) is 25.3 Å². The normalized spacial score (nSPS) is 8.56. The van der Waals surface area contributed by atoms with E-state index in [0.717, 1.165) is 0 Å². The minimum absolute atomic E-state index is 0.409. The first-order chi connectivity index (χ1) is 4.31. The van der Waals surface area contributed by atoms with Gasteiger partial charge < -0.3 is 0 Å². The van der Waals surface area contributed by atoms with E-state index in [2.05, 4.69) is 18.9 Å². The molecule has 0 aromatic carbocycles. The van der Waals surface area contributed by atoms with Crippen LogP contribution in [0.5, 0.6) is 0 Å². The predicted molar refractivity (Wildman–Crippen MR) is 46.2 cm³/mol. The topological polar surface area (TPSA) is 0 Å². The van der Waals surface area contributed by atoms with Crippen LogP contribution in [0.3, 0.4) is 0 Å². The Labute approximate surface area is 62.7 Å². The molecule has 0 radical (unpaired) electrons. The van der Waals surface area contributed by atoms with E-state index in [0.29, 0.717) is 0 Å². The summed E-state index contributed by atoms with van der Waals surface area (Å²) in [4.78, 5) is 0. The van der Waals surface area contributed by atoms with Gasteiger partial charge in [0.15, 0.2) is 0 Å². The zero-order valence-corrected chi connectivity index (χ0v) is 7.42. The quantitative estimate of drug-likeness (QED) is 0.405. The molecule has 1 heteroatoms. The fourth-order valence-corrected chi connectivity index (χ4v) is 2.41. The Morgan fingerprint density at radius 3 is 2.44 bits per heavy atom. The maximum Gasteiger partial charge on any atom is 0.263 e.